The van der Waals surface area contributed by atoms with Crippen LogP contribution in [0, 0.1) is 0 Å². The van der Waals surface area contributed by atoms with E-state index >= 15 is 0 Å². The van der Waals surface area contributed by atoms with E-state index in [0.29, 0.717) is 10.2 Å². The van der Waals surface area contributed by atoms with E-state index in [4.69, 9.17) is 9.84 Å². The van der Waals surface area contributed by atoms with Gasteiger partial charge in [-0.1, -0.05) is 22.5 Å². The Morgan fingerprint density at radius 3 is 2.33 bits per heavy atom. The second-order valence-electron chi connectivity index (χ2n) is 4.20. The number of halogens is 1. The number of hydrogen-bond acceptors (Lipinski definition) is 4. The van der Waals surface area contributed by atoms with Gasteiger partial charge in [0.2, 0.25) is 0 Å². The highest BCUT2D eigenvalue weighted by atomic mass is 79.9. The number of ether oxygens (including phenoxy) is 1. The van der Waals surface area contributed by atoms with Gasteiger partial charge in [0.05, 0.1) is 0 Å². The monoisotopic (exact) mass is 355 g/mol. The number of esters is 1. The lowest BCUT2D eigenvalue weighted by Gasteiger charge is -2.14. The molecule has 0 unspecified atom stereocenters. The third-order valence-electron chi connectivity index (χ3n) is 2.41. The second-order valence-corrected chi connectivity index (χ2v) is 5.33. The molecule has 0 aliphatic heterocycles. The largest absolute Gasteiger partial charge is 0.480 e. The van der Waals surface area contributed by atoms with Crippen molar-refractivity contribution in [2.75, 3.05) is 0 Å². The molecule has 0 heterocycles. The summed E-state index contributed by atoms with van der Waals surface area (Å²) in [4.78, 5) is 33.8. The molecule has 1 rings (SSSR count). The van der Waals surface area contributed by atoms with Crippen LogP contribution in [0.4, 0.5) is 0 Å². The van der Waals surface area contributed by atoms with Crippen molar-refractivity contribution in [2.45, 2.75) is 19.4 Å². The van der Waals surface area contributed by atoms with Crippen molar-refractivity contribution in [1.82, 2.24) is 5.32 Å². The lowest BCUT2D eigenvalue weighted by Crippen LogP contribution is -2.40. The summed E-state index contributed by atoms with van der Waals surface area (Å²) in [7, 11) is 0. The third kappa shape index (κ3) is 5.78. The van der Waals surface area contributed by atoms with Gasteiger partial charge in [-0.3, -0.25) is 9.59 Å². The van der Waals surface area contributed by atoms with Crippen LogP contribution in [0.3, 0.4) is 0 Å². The fraction of sp³-hybridized carbons (Fsp3) is 0.214. The minimum Gasteiger partial charge on any atom is -0.480 e. The maximum absolute atomic E-state index is 11.9. The van der Waals surface area contributed by atoms with Crippen LogP contribution in [0.2, 0.25) is 0 Å². The summed E-state index contributed by atoms with van der Waals surface area (Å²) in [5, 5.41) is 11.4. The van der Waals surface area contributed by atoms with Crippen molar-refractivity contribution in [3.05, 3.63) is 40.9 Å². The first-order valence-corrected chi connectivity index (χ1v) is 6.74. The first kappa shape index (κ1) is 16.9. The molecule has 0 radical (unpaired) electrons. The van der Waals surface area contributed by atoms with Crippen LogP contribution >= 0.6 is 15.9 Å². The molecule has 0 aliphatic rings. The van der Waals surface area contributed by atoms with Gasteiger partial charge in [0.15, 0.2) is 0 Å². The van der Waals surface area contributed by atoms with Gasteiger partial charge in [-0.25, -0.2) is 4.79 Å². The Morgan fingerprint density at radius 1 is 1.33 bits per heavy atom. The molecule has 1 aromatic carbocycles. The summed E-state index contributed by atoms with van der Waals surface area (Å²) >= 11 is 3.06. The number of rotatable bonds is 6. The molecule has 21 heavy (non-hydrogen) atoms. The van der Waals surface area contributed by atoms with Crippen LogP contribution in [-0.4, -0.2) is 29.0 Å². The third-order valence-corrected chi connectivity index (χ3v) is 2.73. The minimum absolute atomic E-state index is 0.0760. The fourth-order valence-electron chi connectivity index (χ4n) is 1.50. The Morgan fingerprint density at radius 2 is 1.90 bits per heavy atom. The average molecular weight is 356 g/mol. The van der Waals surface area contributed by atoms with E-state index in [9.17, 15) is 14.4 Å². The first-order valence-electron chi connectivity index (χ1n) is 5.95. The standard InChI is InChI=1S/C14H14BrNO5/c1-8(15)7-12(14(19)20)16-13(18)10-3-5-11(6-4-10)21-9(2)17/h3-6,12H,1,7H2,2H3,(H,16,18)(H,19,20)/t12-/m0/s1. The lowest BCUT2D eigenvalue weighted by atomic mass is 10.1. The molecule has 1 aromatic rings. The summed E-state index contributed by atoms with van der Waals surface area (Å²) in [6.07, 6.45) is 0.0760. The van der Waals surface area contributed by atoms with Gasteiger partial charge in [0, 0.05) is 18.9 Å². The average Bonchev–Trinajstić information content (AvgIpc) is 2.37. The SMILES string of the molecule is C=C(Br)C[C@H](NC(=O)c1ccc(OC(C)=O)cc1)C(=O)O. The minimum atomic E-state index is -1.15. The summed E-state index contributed by atoms with van der Waals surface area (Å²) < 4.78 is 5.31. The van der Waals surface area contributed by atoms with E-state index in [-0.39, 0.29) is 12.0 Å². The molecule has 1 amide bonds. The summed E-state index contributed by atoms with van der Waals surface area (Å²) in [6.45, 7) is 4.82. The normalized spacial score (nSPS) is 11.3. The van der Waals surface area contributed by atoms with Crippen LogP contribution in [0.1, 0.15) is 23.7 Å². The predicted molar refractivity (Wildman–Crippen MR) is 79.3 cm³/mol. The van der Waals surface area contributed by atoms with Crippen molar-refractivity contribution in [3.63, 3.8) is 0 Å². The van der Waals surface area contributed by atoms with Crippen molar-refractivity contribution >= 4 is 33.8 Å². The Balaban J connectivity index is 2.76. The van der Waals surface area contributed by atoms with Crippen LogP contribution in [0.15, 0.2) is 35.3 Å². The quantitative estimate of drug-likeness (QED) is 0.602. The molecule has 0 aromatic heterocycles. The number of carbonyl (C=O) groups excluding carboxylic acids is 2. The van der Waals surface area contributed by atoms with Gasteiger partial charge in [0.25, 0.3) is 5.91 Å². The van der Waals surface area contributed by atoms with Crippen molar-refractivity contribution in [1.29, 1.82) is 0 Å². The second kappa shape index (κ2) is 7.58. The highest BCUT2D eigenvalue weighted by molar-refractivity contribution is 9.11. The predicted octanol–water partition coefficient (Wildman–Crippen LogP) is 2.09. The van der Waals surface area contributed by atoms with Gasteiger partial charge in [-0.2, -0.15) is 0 Å². The number of carbonyl (C=O) groups is 3. The Bertz CT molecular complexity index is 567. The number of nitrogens with one attached hydrogen (secondary N) is 1. The molecule has 0 saturated carbocycles. The number of carboxylic acid groups (broad SMARTS) is 1. The van der Waals surface area contributed by atoms with Crippen molar-refractivity contribution in [3.8, 4) is 5.75 Å². The molecule has 112 valence electrons. The number of carboxylic acids is 1. The van der Waals surface area contributed by atoms with Crippen molar-refractivity contribution in [2.24, 2.45) is 0 Å². The number of benzene rings is 1. The molecule has 1 atom stereocenters. The van der Waals surface area contributed by atoms with E-state index < -0.39 is 23.9 Å². The zero-order valence-corrected chi connectivity index (χ0v) is 12.8. The van der Waals surface area contributed by atoms with Crippen LogP contribution in [0.25, 0.3) is 0 Å². The zero-order valence-electron chi connectivity index (χ0n) is 11.3. The van der Waals surface area contributed by atoms with Crippen LogP contribution in [0.5, 0.6) is 5.75 Å². The van der Waals surface area contributed by atoms with E-state index in [1.807, 2.05) is 0 Å². The number of hydrogen-bond donors (Lipinski definition) is 2. The Labute approximate surface area is 129 Å². The maximum Gasteiger partial charge on any atom is 0.326 e. The summed E-state index contributed by atoms with van der Waals surface area (Å²) in [6, 6.07) is 4.72. The van der Waals surface area contributed by atoms with E-state index in [0.717, 1.165) is 0 Å². The molecule has 7 heteroatoms. The molecule has 0 bridgehead atoms. The molecular weight excluding hydrogens is 342 g/mol. The highest BCUT2D eigenvalue weighted by Gasteiger charge is 2.21. The fourth-order valence-corrected chi connectivity index (χ4v) is 1.83. The maximum atomic E-state index is 11.9. The first-order chi connectivity index (χ1) is 9.79. The van der Waals surface area contributed by atoms with Gasteiger partial charge in [-0.15, -0.1) is 0 Å². The van der Waals surface area contributed by atoms with Crippen LogP contribution < -0.4 is 10.1 Å². The van der Waals surface area contributed by atoms with Crippen LogP contribution in [-0.2, 0) is 9.59 Å². The number of amides is 1. The Hall–Kier alpha value is -2.15. The molecule has 6 nitrogen and oxygen atoms in total. The Kier molecular flexibility index (Phi) is 6.10. The van der Waals surface area contributed by atoms with E-state index in [1.165, 1.54) is 31.2 Å². The van der Waals surface area contributed by atoms with Gasteiger partial charge < -0.3 is 15.2 Å². The van der Waals surface area contributed by atoms with Crippen molar-refractivity contribution < 1.29 is 24.2 Å². The smallest absolute Gasteiger partial charge is 0.326 e. The zero-order chi connectivity index (χ0) is 16.0. The molecule has 2 N–H and O–H groups in total. The molecule has 0 spiro atoms. The summed E-state index contributed by atoms with van der Waals surface area (Å²) in [5.74, 6) is -1.84. The molecule has 0 aliphatic carbocycles. The van der Waals surface area contributed by atoms with E-state index in [2.05, 4.69) is 27.8 Å². The van der Waals surface area contributed by atoms with Gasteiger partial charge in [-0.05, 0) is 28.7 Å². The molecular formula is C14H14BrNO5. The van der Waals surface area contributed by atoms with E-state index in [1.54, 1.807) is 0 Å². The lowest BCUT2D eigenvalue weighted by molar-refractivity contribution is -0.139. The molecule has 0 saturated heterocycles. The molecule has 0 fully saturated rings. The number of aliphatic carboxylic acids is 1. The highest BCUT2D eigenvalue weighted by Crippen LogP contribution is 2.14. The summed E-state index contributed by atoms with van der Waals surface area (Å²) in [5.41, 5.74) is 0.261. The topological polar surface area (TPSA) is 92.7 Å². The van der Waals surface area contributed by atoms with Gasteiger partial charge in [0.1, 0.15) is 11.8 Å². The van der Waals surface area contributed by atoms with Gasteiger partial charge >= 0.3 is 11.9 Å².